The number of carbonyl (C=O) groups excluding carboxylic acids is 2. The molecule has 0 spiro atoms. The Morgan fingerprint density at radius 1 is 1.08 bits per heavy atom. The van der Waals surface area contributed by atoms with Gasteiger partial charge in [-0.2, -0.15) is 0 Å². The molecule has 1 saturated heterocycles. The summed E-state index contributed by atoms with van der Waals surface area (Å²) in [7, 11) is 1.64. The second kappa shape index (κ2) is 8.08. The number of methoxy groups -OCH3 is 1. The van der Waals surface area contributed by atoms with Gasteiger partial charge in [-0.1, -0.05) is 19.1 Å². The lowest BCUT2D eigenvalue weighted by molar-refractivity contribution is -0.133. The van der Waals surface area contributed by atoms with Crippen molar-refractivity contribution in [3.05, 3.63) is 54.0 Å². The van der Waals surface area contributed by atoms with Crippen molar-refractivity contribution in [1.29, 1.82) is 0 Å². The summed E-state index contributed by atoms with van der Waals surface area (Å²) in [6, 6.07) is 11.2. The predicted octanol–water partition coefficient (Wildman–Crippen LogP) is 2.77. The normalized spacial score (nSPS) is 15.6. The molecule has 3 rings (SSSR count). The first-order valence-corrected chi connectivity index (χ1v) is 8.83. The second-order valence-corrected chi connectivity index (χ2v) is 6.53. The standard InChI is InChI=1S/C20H24N2O4/c1-15(16-5-7-17(25-2)8-6-16)14-19(23)21-9-11-22(12-10-21)20(24)18-4-3-13-26-18/h3-8,13,15H,9-12,14H2,1-2H3. The van der Waals surface area contributed by atoms with Gasteiger partial charge in [0.2, 0.25) is 5.91 Å². The van der Waals surface area contributed by atoms with Crippen LogP contribution in [0.2, 0.25) is 0 Å². The zero-order valence-electron chi connectivity index (χ0n) is 15.2. The third kappa shape index (κ3) is 4.07. The highest BCUT2D eigenvalue weighted by molar-refractivity contribution is 5.91. The molecule has 0 N–H and O–H groups in total. The van der Waals surface area contributed by atoms with Gasteiger partial charge in [0.25, 0.3) is 5.91 Å². The minimum Gasteiger partial charge on any atom is -0.497 e. The van der Waals surface area contributed by atoms with Crippen LogP contribution in [0.15, 0.2) is 47.1 Å². The number of piperazine rings is 1. The molecule has 2 aromatic rings. The Bertz CT molecular complexity index is 732. The number of carbonyl (C=O) groups is 2. The fourth-order valence-corrected chi connectivity index (χ4v) is 3.16. The molecule has 1 unspecified atom stereocenters. The smallest absolute Gasteiger partial charge is 0.289 e. The molecule has 0 bridgehead atoms. The molecule has 1 fully saturated rings. The van der Waals surface area contributed by atoms with Crippen molar-refractivity contribution < 1.29 is 18.7 Å². The summed E-state index contributed by atoms with van der Waals surface area (Å²) in [5.74, 6) is 1.30. The number of ether oxygens (including phenoxy) is 1. The minimum absolute atomic E-state index is 0.117. The fraction of sp³-hybridized carbons (Fsp3) is 0.400. The van der Waals surface area contributed by atoms with Crippen molar-refractivity contribution in [1.82, 2.24) is 9.80 Å². The quantitative estimate of drug-likeness (QED) is 0.826. The van der Waals surface area contributed by atoms with E-state index in [0.717, 1.165) is 11.3 Å². The SMILES string of the molecule is COc1ccc(C(C)CC(=O)N2CCN(C(=O)c3ccco3)CC2)cc1. The third-order valence-corrected chi connectivity index (χ3v) is 4.82. The maximum Gasteiger partial charge on any atom is 0.289 e. The third-order valence-electron chi connectivity index (χ3n) is 4.82. The summed E-state index contributed by atoms with van der Waals surface area (Å²) >= 11 is 0. The number of rotatable bonds is 5. The highest BCUT2D eigenvalue weighted by Gasteiger charge is 2.26. The first kappa shape index (κ1) is 18.0. The molecular formula is C20H24N2O4. The maximum absolute atomic E-state index is 12.6. The second-order valence-electron chi connectivity index (χ2n) is 6.53. The van der Waals surface area contributed by atoms with Crippen LogP contribution >= 0.6 is 0 Å². The van der Waals surface area contributed by atoms with Crippen LogP contribution in [0.5, 0.6) is 5.75 Å². The summed E-state index contributed by atoms with van der Waals surface area (Å²) in [6.45, 7) is 4.22. The van der Waals surface area contributed by atoms with E-state index in [0.29, 0.717) is 38.4 Å². The monoisotopic (exact) mass is 356 g/mol. The molecule has 1 aromatic heterocycles. The number of hydrogen-bond donors (Lipinski definition) is 0. The number of benzene rings is 1. The molecule has 6 heteroatoms. The van der Waals surface area contributed by atoms with Crippen LogP contribution < -0.4 is 4.74 Å². The minimum atomic E-state index is -0.117. The average Bonchev–Trinajstić information content (AvgIpc) is 3.22. The van der Waals surface area contributed by atoms with E-state index in [1.807, 2.05) is 29.2 Å². The van der Waals surface area contributed by atoms with Crippen molar-refractivity contribution >= 4 is 11.8 Å². The molecule has 1 atom stereocenters. The van der Waals surface area contributed by atoms with Gasteiger partial charge >= 0.3 is 0 Å². The van der Waals surface area contributed by atoms with Gasteiger partial charge in [-0.05, 0) is 35.7 Å². The van der Waals surface area contributed by atoms with Crippen LogP contribution in [0.3, 0.4) is 0 Å². The Morgan fingerprint density at radius 2 is 1.73 bits per heavy atom. The number of nitrogens with zero attached hydrogens (tertiary/aromatic N) is 2. The molecular weight excluding hydrogens is 332 g/mol. The van der Waals surface area contributed by atoms with Gasteiger partial charge in [-0.25, -0.2) is 0 Å². The average molecular weight is 356 g/mol. The first-order chi connectivity index (χ1) is 12.6. The largest absolute Gasteiger partial charge is 0.497 e. The van der Waals surface area contributed by atoms with Crippen molar-refractivity contribution in [2.45, 2.75) is 19.3 Å². The van der Waals surface area contributed by atoms with Crippen LogP contribution in [-0.2, 0) is 4.79 Å². The van der Waals surface area contributed by atoms with Crippen LogP contribution in [-0.4, -0.2) is 54.9 Å². The van der Waals surface area contributed by atoms with Gasteiger partial charge in [-0.15, -0.1) is 0 Å². The van der Waals surface area contributed by atoms with Crippen LogP contribution in [0, 0.1) is 0 Å². The molecule has 138 valence electrons. The van der Waals surface area contributed by atoms with E-state index in [4.69, 9.17) is 9.15 Å². The molecule has 0 radical (unpaired) electrons. The topological polar surface area (TPSA) is 63.0 Å². The lowest BCUT2D eigenvalue weighted by Crippen LogP contribution is -2.50. The van der Waals surface area contributed by atoms with E-state index in [2.05, 4.69) is 6.92 Å². The van der Waals surface area contributed by atoms with Crippen LogP contribution in [0.4, 0.5) is 0 Å². The first-order valence-electron chi connectivity index (χ1n) is 8.83. The van der Waals surface area contributed by atoms with E-state index >= 15 is 0 Å². The highest BCUT2D eigenvalue weighted by Crippen LogP contribution is 2.23. The van der Waals surface area contributed by atoms with E-state index in [-0.39, 0.29) is 17.7 Å². The van der Waals surface area contributed by atoms with Crippen molar-refractivity contribution in [3.63, 3.8) is 0 Å². The number of hydrogen-bond acceptors (Lipinski definition) is 4. The van der Waals surface area contributed by atoms with Gasteiger partial charge in [0.05, 0.1) is 13.4 Å². The Balaban J connectivity index is 1.50. The Hall–Kier alpha value is -2.76. The molecule has 2 amide bonds. The van der Waals surface area contributed by atoms with E-state index < -0.39 is 0 Å². The van der Waals surface area contributed by atoms with E-state index in [1.165, 1.54) is 6.26 Å². The van der Waals surface area contributed by atoms with Crippen LogP contribution in [0.25, 0.3) is 0 Å². The molecule has 2 heterocycles. The van der Waals surface area contributed by atoms with Gasteiger partial charge in [0, 0.05) is 32.6 Å². The molecule has 1 aromatic carbocycles. The molecule has 6 nitrogen and oxygen atoms in total. The molecule has 0 saturated carbocycles. The summed E-state index contributed by atoms with van der Waals surface area (Å²) in [6.07, 6.45) is 1.95. The Kier molecular flexibility index (Phi) is 5.61. The van der Waals surface area contributed by atoms with Crippen LogP contribution in [0.1, 0.15) is 35.4 Å². The zero-order valence-corrected chi connectivity index (χ0v) is 15.2. The van der Waals surface area contributed by atoms with E-state index in [1.54, 1.807) is 24.1 Å². The molecule has 0 aliphatic carbocycles. The lowest BCUT2D eigenvalue weighted by Gasteiger charge is -2.34. The van der Waals surface area contributed by atoms with Gasteiger partial charge < -0.3 is 19.0 Å². The van der Waals surface area contributed by atoms with Gasteiger partial charge in [-0.3, -0.25) is 9.59 Å². The molecule has 1 aliphatic rings. The van der Waals surface area contributed by atoms with Crippen molar-refractivity contribution in [2.75, 3.05) is 33.3 Å². The predicted molar refractivity (Wildman–Crippen MR) is 97.2 cm³/mol. The Labute approximate surface area is 153 Å². The maximum atomic E-state index is 12.6. The molecule has 26 heavy (non-hydrogen) atoms. The summed E-state index contributed by atoms with van der Waals surface area (Å²) < 4.78 is 10.3. The van der Waals surface area contributed by atoms with Gasteiger partial charge in [0.1, 0.15) is 5.75 Å². The summed E-state index contributed by atoms with van der Waals surface area (Å²) in [5, 5.41) is 0. The lowest BCUT2D eigenvalue weighted by atomic mass is 9.97. The summed E-state index contributed by atoms with van der Waals surface area (Å²) in [4.78, 5) is 28.4. The zero-order chi connectivity index (χ0) is 18.5. The fourth-order valence-electron chi connectivity index (χ4n) is 3.16. The Morgan fingerprint density at radius 3 is 2.31 bits per heavy atom. The van der Waals surface area contributed by atoms with E-state index in [9.17, 15) is 9.59 Å². The number of furan rings is 1. The number of amides is 2. The summed E-state index contributed by atoms with van der Waals surface area (Å²) in [5.41, 5.74) is 1.12. The van der Waals surface area contributed by atoms with Crippen molar-refractivity contribution in [3.8, 4) is 5.75 Å². The van der Waals surface area contributed by atoms with Crippen molar-refractivity contribution in [2.24, 2.45) is 0 Å². The highest BCUT2D eigenvalue weighted by atomic mass is 16.5. The molecule has 1 aliphatic heterocycles. The van der Waals surface area contributed by atoms with Gasteiger partial charge in [0.15, 0.2) is 5.76 Å².